The van der Waals surface area contributed by atoms with Crippen LogP contribution in [0, 0.1) is 12.7 Å². The molecule has 3 atom stereocenters. The SMILES string of the molecule is CCS(=O)(=O)N[C@H]1[C@@H](F)CN(C(=O)N(C)C)[C@H]1Cc1cccc(-c2cccc(C)c2)c1F. The smallest absolute Gasteiger partial charge is 0.319 e. The Morgan fingerprint density at radius 3 is 2.53 bits per heavy atom. The maximum Gasteiger partial charge on any atom is 0.319 e. The predicted molar refractivity (Wildman–Crippen MR) is 121 cm³/mol. The summed E-state index contributed by atoms with van der Waals surface area (Å²) in [5.41, 5.74) is 2.39. The van der Waals surface area contributed by atoms with E-state index in [0.29, 0.717) is 16.7 Å². The summed E-state index contributed by atoms with van der Waals surface area (Å²) in [5.74, 6) is -0.684. The number of sulfonamides is 1. The number of rotatable bonds is 6. The van der Waals surface area contributed by atoms with Crippen molar-refractivity contribution in [2.45, 2.75) is 38.5 Å². The number of carbonyl (C=O) groups excluding carboxylic acids is 1. The average molecular weight is 466 g/mol. The van der Waals surface area contributed by atoms with Gasteiger partial charge in [0.25, 0.3) is 0 Å². The highest BCUT2D eigenvalue weighted by Crippen LogP contribution is 2.30. The number of carbonyl (C=O) groups is 1. The summed E-state index contributed by atoms with van der Waals surface area (Å²) >= 11 is 0. The van der Waals surface area contributed by atoms with Crippen molar-refractivity contribution in [3.8, 4) is 11.1 Å². The number of hydrogen-bond acceptors (Lipinski definition) is 3. The lowest BCUT2D eigenvalue weighted by molar-refractivity contribution is 0.161. The molecule has 0 aliphatic carbocycles. The van der Waals surface area contributed by atoms with E-state index in [0.717, 1.165) is 5.56 Å². The van der Waals surface area contributed by atoms with Crippen molar-refractivity contribution in [1.29, 1.82) is 0 Å². The number of amides is 2. The Morgan fingerprint density at radius 2 is 1.91 bits per heavy atom. The number of aryl methyl sites for hydroxylation is 1. The minimum Gasteiger partial charge on any atom is -0.331 e. The fourth-order valence-electron chi connectivity index (χ4n) is 4.03. The highest BCUT2D eigenvalue weighted by molar-refractivity contribution is 7.89. The Hall–Kier alpha value is -2.52. The zero-order valence-electron chi connectivity index (χ0n) is 18.7. The second-order valence-electron chi connectivity index (χ2n) is 8.31. The van der Waals surface area contributed by atoms with Crippen molar-refractivity contribution in [2.24, 2.45) is 0 Å². The number of halogens is 2. The van der Waals surface area contributed by atoms with E-state index in [1.165, 1.54) is 30.8 Å². The number of nitrogens with zero attached hydrogens (tertiary/aromatic N) is 2. The molecule has 3 rings (SSSR count). The van der Waals surface area contributed by atoms with E-state index < -0.39 is 40.1 Å². The summed E-state index contributed by atoms with van der Waals surface area (Å²) in [5, 5.41) is 0. The second kappa shape index (κ2) is 9.54. The zero-order valence-corrected chi connectivity index (χ0v) is 19.5. The van der Waals surface area contributed by atoms with E-state index in [9.17, 15) is 17.6 Å². The van der Waals surface area contributed by atoms with Crippen molar-refractivity contribution in [2.75, 3.05) is 26.4 Å². The summed E-state index contributed by atoms with van der Waals surface area (Å²) in [7, 11) is -0.658. The van der Waals surface area contributed by atoms with E-state index in [4.69, 9.17) is 0 Å². The molecular weight excluding hydrogens is 436 g/mol. The van der Waals surface area contributed by atoms with Crippen LogP contribution < -0.4 is 4.72 Å². The van der Waals surface area contributed by atoms with Crippen LogP contribution in [0.3, 0.4) is 0 Å². The number of likely N-dealkylation sites (tertiary alicyclic amines) is 1. The third-order valence-electron chi connectivity index (χ3n) is 5.74. The topological polar surface area (TPSA) is 69.7 Å². The molecule has 0 saturated carbocycles. The van der Waals surface area contributed by atoms with Gasteiger partial charge in [-0.05, 0) is 31.4 Å². The molecule has 1 aliphatic rings. The molecule has 0 bridgehead atoms. The van der Waals surface area contributed by atoms with Gasteiger partial charge in [-0.1, -0.05) is 48.0 Å². The van der Waals surface area contributed by atoms with E-state index in [1.54, 1.807) is 18.2 Å². The van der Waals surface area contributed by atoms with Crippen LogP contribution in [0.25, 0.3) is 11.1 Å². The van der Waals surface area contributed by atoms with Gasteiger partial charge in [0.1, 0.15) is 12.0 Å². The summed E-state index contributed by atoms with van der Waals surface area (Å²) in [6.45, 7) is 3.10. The largest absolute Gasteiger partial charge is 0.331 e. The first-order valence-electron chi connectivity index (χ1n) is 10.5. The third-order valence-corrected chi connectivity index (χ3v) is 7.13. The molecule has 1 fully saturated rings. The molecule has 1 saturated heterocycles. The molecule has 0 spiro atoms. The van der Waals surface area contributed by atoms with Crippen molar-refractivity contribution >= 4 is 16.1 Å². The molecular formula is C23H29F2N3O3S. The van der Waals surface area contributed by atoms with Gasteiger partial charge in [-0.3, -0.25) is 0 Å². The molecule has 0 unspecified atom stereocenters. The molecule has 2 aromatic carbocycles. The molecule has 174 valence electrons. The molecule has 1 aliphatic heterocycles. The van der Waals surface area contributed by atoms with E-state index in [-0.39, 0.29) is 18.7 Å². The fraction of sp³-hybridized carbons (Fsp3) is 0.435. The lowest BCUT2D eigenvalue weighted by atomic mass is 9.95. The Bertz CT molecular complexity index is 1090. The van der Waals surface area contributed by atoms with Gasteiger partial charge in [0.2, 0.25) is 10.0 Å². The molecule has 2 amide bonds. The summed E-state index contributed by atoms with van der Waals surface area (Å²) in [4.78, 5) is 15.3. The molecule has 0 aromatic heterocycles. The average Bonchev–Trinajstić information content (AvgIpc) is 3.03. The Kier molecular flexibility index (Phi) is 7.19. The van der Waals surface area contributed by atoms with Gasteiger partial charge in [0.05, 0.1) is 24.4 Å². The first-order chi connectivity index (χ1) is 15.0. The van der Waals surface area contributed by atoms with Crippen molar-refractivity contribution in [3.05, 3.63) is 59.4 Å². The van der Waals surface area contributed by atoms with Gasteiger partial charge in [0, 0.05) is 19.7 Å². The summed E-state index contributed by atoms with van der Waals surface area (Å²) < 4.78 is 57.2. The minimum absolute atomic E-state index is 0.0254. The Balaban J connectivity index is 2.00. The highest BCUT2D eigenvalue weighted by Gasteiger charge is 2.46. The first kappa shape index (κ1) is 24.1. The number of nitrogens with one attached hydrogen (secondary N) is 1. The standard InChI is InChI=1S/C23H29F2N3O3S/c1-5-32(30,31)26-22-19(24)14-28(23(29)27(3)4)20(22)13-17-10-7-11-18(21(17)25)16-9-6-8-15(2)12-16/h6-12,19-20,22,26H,5,13-14H2,1-4H3/t19-,20-,22-/m0/s1. The minimum atomic E-state index is -3.73. The fourth-order valence-corrected chi connectivity index (χ4v) is 4.91. The van der Waals surface area contributed by atoms with Gasteiger partial charge in [-0.15, -0.1) is 0 Å². The van der Waals surface area contributed by atoms with Gasteiger partial charge in [-0.2, -0.15) is 0 Å². The predicted octanol–water partition coefficient (Wildman–Crippen LogP) is 3.36. The maximum absolute atomic E-state index is 15.5. The van der Waals surface area contributed by atoms with Gasteiger partial charge >= 0.3 is 6.03 Å². The van der Waals surface area contributed by atoms with E-state index in [2.05, 4.69) is 4.72 Å². The lowest BCUT2D eigenvalue weighted by Crippen LogP contribution is -2.51. The van der Waals surface area contributed by atoms with E-state index in [1.807, 2.05) is 31.2 Å². The van der Waals surface area contributed by atoms with Crippen molar-refractivity contribution in [3.63, 3.8) is 0 Å². The molecule has 1 heterocycles. The Labute approximate surface area is 188 Å². The molecule has 9 heteroatoms. The molecule has 6 nitrogen and oxygen atoms in total. The maximum atomic E-state index is 15.5. The first-order valence-corrected chi connectivity index (χ1v) is 12.2. The second-order valence-corrected chi connectivity index (χ2v) is 10.4. The summed E-state index contributed by atoms with van der Waals surface area (Å²) in [6.07, 6.45) is -1.63. The number of hydrogen-bond donors (Lipinski definition) is 1. The van der Waals surface area contributed by atoms with Crippen molar-refractivity contribution in [1.82, 2.24) is 14.5 Å². The van der Waals surface area contributed by atoms with Crippen LogP contribution in [-0.4, -0.2) is 68.9 Å². The van der Waals surface area contributed by atoms with Crippen LogP contribution in [0.2, 0.25) is 0 Å². The van der Waals surface area contributed by atoms with Gasteiger partial charge in [0.15, 0.2) is 0 Å². The molecule has 1 N–H and O–H groups in total. The highest BCUT2D eigenvalue weighted by atomic mass is 32.2. The third kappa shape index (κ3) is 5.10. The number of benzene rings is 2. The van der Waals surface area contributed by atoms with Gasteiger partial charge in [-0.25, -0.2) is 26.7 Å². The number of alkyl halides is 1. The molecule has 32 heavy (non-hydrogen) atoms. The van der Waals surface area contributed by atoms with Gasteiger partial charge < -0.3 is 9.80 Å². The van der Waals surface area contributed by atoms with Crippen LogP contribution in [0.15, 0.2) is 42.5 Å². The number of urea groups is 1. The summed E-state index contributed by atoms with van der Waals surface area (Å²) in [6, 6.07) is 9.92. The van der Waals surface area contributed by atoms with E-state index >= 15 is 4.39 Å². The quantitative estimate of drug-likeness (QED) is 0.711. The lowest BCUT2D eigenvalue weighted by Gasteiger charge is -2.30. The van der Waals surface area contributed by atoms with Crippen LogP contribution >= 0.6 is 0 Å². The van der Waals surface area contributed by atoms with Crippen LogP contribution in [0.4, 0.5) is 13.6 Å². The van der Waals surface area contributed by atoms with Crippen LogP contribution in [-0.2, 0) is 16.4 Å². The molecule has 0 radical (unpaired) electrons. The normalized spacial score (nSPS) is 21.1. The van der Waals surface area contributed by atoms with Crippen LogP contribution in [0.1, 0.15) is 18.1 Å². The zero-order chi connectivity index (χ0) is 23.6. The Morgan fingerprint density at radius 1 is 1.22 bits per heavy atom. The van der Waals surface area contributed by atoms with Crippen molar-refractivity contribution < 1.29 is 22.0 Å². The van der Waals surface area contributed by atoms with Crippen LogP contribution in [0.5, 0.6) is 0 Å². The monoisotopic (exact) mass is 465 g/mol. The molecule has 2 aromatic rings.